The van der Waals surface area contributed by atoms with Crippen LogP contribution in [0, 0.1) is 10.1 Å². The molecule has 0 fully saturated rings. The second kappa shape index (κ2) is 5.36. The van der Waals surface area contributed by atoms with Crippen LogP contribution < -0.4 is 9.47 Å². The molecule has 0 atom stereocenters. The standard InChI is InChI=1S/C15H12N2O5/c1-20-12-5-3-4-10(14(12)21-2)15-16-11-7-6-9(17(18)19)8-13(11)22-15/h3-8H,1-2H3. The van der Waals surface area contributed by atoms with Gasteiger partial charge >= 0.3 is 0 Å². The molecular formula is C15H12N2O5. The van der Waals surface area contributed by atoms with E-state index in [1.807, 2.05) is 0 Å². The summed E-state index contributed by atoms with van der Waals surface area (Å²) in [5.74, 6) is 1.35. The van der Waals surface area contributed by atoms with Crippen molar-refractivity contribution in [3.63, 3.8) is 0 Å². The maximum Gasteiger partial charge on any atom is 0.273 e. The lowest BCUT2D eigenvalue weighted by molar-refractivity contribution is -0.384. The van der Waals surface area contributed by atoms with Gasteiger partial charge in [0.2, 0.25) is 5.89 Å². The van der Waals surface area contributed by atoms with Gasteiger partial charge in [-0.25, -0.2) is 4.98 Å². The minimum absolute atomic E-state index is 0.0483. The van der Waals surface area contributed by atoms with Crippen LogP contribution in [0.5, 0.6) is 11.5 Å². The molecule has 0 bridgehead atoms. The fourth-order valence-corrected chi connectivity index (χ4v) is 2.20. The summed E-state index contributed by atoms with van der Waals surface area (Å²) in [5.41, 5.74) is 1.44. The lowest BCUT2D eigenvalue weighted by Crippen LogP contribution is -1.93. The van der Waals surface area contributed by atoms with E-state index in [1.165, 1.54) is 26.4 Å². The van der Waals surface area contributed by atoms with Crippen LogP contribution in [0.4, 0.5) is 5.69 Å². The quantitative estimate of drug-likeness (QED) is 0.542. The maximum atomic E-state index is 10.8. The average Bonchev–Trinajstić information content (AvgIpc) is 2.96. The van der Waals surface area contributed by atoms with Gasteiger partial charge in [-0.3, -0.25) is 10.1 Å². The molecule has 3 rings (SSSR count). The summed E-state index contributed by atoms with van der Waals surface area (Å²) in [6.45, 7) is 0. The Bertz CT molecular complexity index is 856. The minimum Gasteiger partial charge on any atom is -0.493 e. The van der Waals surface area contributed by atoms with Gasteiger partial charge in [-0.1, -0.05) is 6.07 Å². The van der Waals surface area contributed by atoms with Crippen molar-refractivity contribution in [3.8, 4) is 23.0 Å². The number of rotatable bonds is 4. The smallest absolute Gasteiger partial charge is 0.273 e. The van der Waals surface area contributed by atoms with Crippen LogP contribution in [0.1, 0.15) is 0 Å². The van der Waals surface area contributed by atoms with Crippen LogP contribution in [-0.4, -0.2) is 24.1 Å². The molecule has 0 aliphatic heterocycles. The van der Waals surface area contributed by atoms with E-state index in [-0.39, 0.29) is 5.69 Å². The largest absolute Gasteiger partial charge is 0.493 e. The van der Waals surface area contributed by atoms with Crippen molar-refractivity contribution in [1.82, 2.24) is 4.98 Å². The van der Waals surface area contributed by atoms with Crippen molar-refractivity contribution in [2.24, 2.45) is 0 Å². The number of non-ortho nitro benzene ring substituents is 1. The number of benzene rings is 2. The highest BCUT2D eigenvalue weighted by Crippen LogP contribution is 2.38. The summed E-state index contributed by atoms with van der Waals surface area (Å²) in [7, 11) is 3.06. The highest BCUT2D eigenvalue weighted by atomic mass is 16.6. The van der Waals surface area contributed by atoms with Gasteiger partial charge < -0.3 is 13.9 Å². The van der Waals surface area contributed by atoms with E-state index in [0.717, 1.165) is 0 Å². The van der Waals surface area contributed by atoms with Gasteiger partial charge in [-0.15, -0.1) is 0 Å². The van der Waals surface area contributed by atoms with Gasteiger partial charge in [0.25, 0.3) is 5.69 Å². The van der Waals surface area contributed by atoms with Gasteiger partial charge in [-0.2, -0.15) is 0 Å². The van der Waals surface area contributed by atoms with E-state index in [4.69, 9.17) is 13.9 Å². The summed E-state index contributed by atoms with van der Waals surface area (Å²) in [4.78, 5) is 14.7. The summed E-state index contributed by atoms with van der Waals surface area (Å²) < 4.78 is 16.2. The molecule has 0 saturated heterocycles. The van der Waals surface area contributed by atoms with Crippen LogP contribution in [0.2, 0.25) is 0 Å². The molecule has 1 heterocycles. The van der Waals surface area contributed by atoms with Gasteiger partial charge in [0.05, 0.1) is 30.8 Å². The number of para-hydroxylation sites is 1. The molecule has 0 amide bonds. The van der Waals surface area contributed by atoms with Crippen LogP contribution in [0.25, 0.3) is 22.6 Å². The highest BCUT2D eigenvalue weighted by Gasteiger charge is 2.18. The number of ether oxygens (including phenoxy) is 2. The average molecular weight is 300 g/mol. The first-order valence-corrected chi connectivity index (χ1v) is 6.40. The second-order valence-corrected chi connectivity index (χ2v) is 4.47. The van der Waals surface area contributed by atoms with Crippen molar-refractivity contribution in [1.29, 1.82) is 0 Å². The van der Waals surface area contributed by atoms with Crippen LogP contribution in [0.15, 0.2) is 40.8 Å². The molecule has 0 aliphatic carbocycles. The predicted octanol–water partition coefficient (Wildman–Crippen LogP) is 3.42. The Morgan fingerprint density at radius 3 is 2.68 bits per heavy atom. The predicted molar refractivity (Wildman–Crippen MR) is 79.2 cm³/mol. The number of methoxy groups -OCH3 is 2. The Morgan fingerprint density at radius 2 is 2.00 bits per heavy atom. The molecule has 0 unspecified atom stereocenters. The number of nitrogens with zero attached hydrogens (tertiary/aromatic N) is 2. The Labute approximate surface area is 125 Å². The number of hydrogen-bond donors (Lipinski definition) is 0. The Morgan fingerprint density at radius 1 is 1.18 bits per heavy atom. The number of nitro groups is 1. The summed E-state index contributed by atoms with van der Waals surface area (Å²) in [6, 6.07) is 9.60. The molecule has 0 radical (unpaired) electrons. The normalized spacial score (nSPS) is 10.6. The summed E-state index contributed by atoms with van der Waals surface area (Å²) in [5, 5.41) is 10.8. The fourth-order valence-electron chi connectivity index (χ4n) is 2.20. The van der Waals surface area contributed by atoms with Crippen molar-refractivity contribution >= 4 is 16.8 Å². The molecule has 0 spiro atoms. The Balaban J connectivity index is 2.16. The van der Waals surface area contributed by atoms with Crippen molar-refractivity contribution in [2.75, 3.05) is 14.2 Å². The van der Waals surface area contributed by atoms with E-state index in [2.05, 4.69) is 4.98 Å². The molecule has 2 aromatic carbocycles. The zero-order chi connectivity index (χ0) is 15.7. The second-order valence-electron chi connectivity index (χ2n) is 4.47. The molecular weight excluding hydrogens is 288 g/mol. The fraction of sp³-hybridized carbons (Fsp3) is 0.133. The van der Waals surface area contributed by atoms with Crippen LogP contribution in [-0.2, 0) is 0 Å². The molecule has 3 aromatic rings. The van der Waals surface area contributed by atoms with Crippen LogP contribution in [0.3, 0.4) is 0 Å². The summed E-state index contributed by atoms with van der Waals surface area (Å²) in [6.07, 6.45) is 0. The molecule has 0 saturated carbocycles. The molecule has 1 aromatic heterocycles. The van der Waals surface area contributed by atoms with E-state index < -0.39 is 4.92 Å². The zero-order valence-electron chi connectivity index (χ0n) is 11.9. The van der Waals surface area contributed by atoms with E-state index in [0.29, 0.717) is 34.1 Å². The first-order valence-electron chi connectivity index (χ1n) is 6.40. The molecule has 22 heavy (non-hydrogen) atoms. The van der Waals surface area contributed by atoms with Gasteiger partial charge in [0.15, 0.2) is 17.1 Å². The lowest BCUT2D eigenvalue weighted by atomic mass is 10.2. The maximum absolute atomic E-state index is 10.8. The number of oxazole rings is 1. The monoisotopic (exact) mass is 300 g/mol. The number of hydrogen-bond acceptors (Lipinski definition) is 6. The van der Waals surface area contributed by atoms with E-state index >= 15 is 0 Å². The van der Waals surface area contributed by atoms with Gasteiger partial charge in [0, 0.05) is 6.07 Å². The molecule has 112 valence electrons. The Kier molecular flexibility index (Phi) is 3.38. The minimum atomic E-state index is -0.478. The van der Waals surface area contributed by atoms with Gasteiger partial charge in [0.1, 0.15) is 5.52 Å². The van der Waals surface area contributed by atoms with Crippen molar-refractivity contribution < 1.29 is 18.8 Å². The Hall–Kier alpha value is -3.09. The van der Waals surface area contributed by atoms with Gasteiger partial charge in [-0.05, 0) is 18.2 Å². The topological polar surface area (TPSA) is 87.6 Å². The first kappa shape index (κ1) is 13.9. The third-order valence-corrected chi connectivity index (χ3v) is 3.22. The van der Waals surface area contributed by atoms with E-state index in [1.54, 1.807) is 24.3 Å². The highest BCUT2D eigenvalue weighted by molar-refractivity contribution is 5.80. The zero-order valence-corrected chi connectivity index (χ0v) is 11.9. The summed E-state index contributed by atoms with van der Waals surface area (Å²) >= 11 is 0. The number of aromatic nitrogens is 1. The van der Waals surface area contributed by atoms with Crippen molar-refractivity contribution in [3.05, 3.63) is 46.5 Å². The molecule has 7 heteroatoms. The first-order chi connectivity index (χ1) is 10.6. The van der Waals surface area contributed by atoms with E-state index in [9.17, 15) is 10.1 Å². The SMILES string of the molecule is COc1cccc(-c2nc3ccc([N+](=O)[O-])cc3o2)c1OC. The third kappa shape index (κ3) is 2.22. The number of nitro benzene ring substituents is 1. The lowest BCUT2D eigenvalue weighted by Gasteiger charge is -2.09. The third-order valence-electron chi connectivity index (χ3n) is 3.22. The molecule has 0 aliphatic rings. The molecule has 0 N–H and O–H groups in total. The number of fused-ring (bicyclic) bond motifs is 1. The molecule has 7 nitrogen and oxygen atoms in total. The van der Waals surface area contributed by atoms with Crippen molar-refractivity contribution in [2.45, 2.75) is 0 Å². The van der Waals surface area contributed by atoms with Crippen LogP contribution >= 0.6 is 0 Å².